The maximum atomic E-state index is 12.9. The van der Waals surface area contributed by atoms with Crippen LogP contribution in [0, 0.1) is 17.0 Å². The van der Waals surface area contributed by atoms with Crippen LogP contribution in [0.3, 0.4) is 0 Å². The fourth-order valence-corrected chi connectivity index (χ4v) is 4.59. The molecule has 2 heterocycles. The third kappa shape index (κ3) is 3.59. The normalized spacial score (nSPS) is 11.0. The van der Waals surface area contributed by atoms with Gasteiger partial charge in [-0.3, -0.25) is 10.1 Å². The van der Waals surface area contributed by atoms with E-state index in [0.29, 0.717) is 16.7 Å². The van der Waals surface area contributed by atoms with E-state index in [9.17, 15) is 14.9 Å². The van der Waals surface area contributed by atoms with Crippen LogP contribution in [0.25, 0.3) is 43.2 Å². The molecule has 0 amide bonds. The molecule has 0 unspecified atom stereocenters. The van der Waals surface area contributed by atoms with Crippen molar-refractivity contribution >= 4 is 28.0 Å². The molecule has 0 fully saturated rings. The van der Waals surface area contributed by atoms with Crippen molar-refractivity contribution < 1.29 is 9.34 Å². The van der Waals surface area contributed by atoms with Gasteiger partial charge in [0.1, 0.15) is 10.6 Å². The molecule has 32 heavy (non-hydrogen) atoms. The minimum atomic E-state index is -0.537. The second-order valence-electron chi connectivity index (χ2n) is 7.36. The molecule has 0 bridgehead atoms. The molecule has 0 saturated carbocycles. The van der Waals surface area contributed by atoms with Crippen molar-refractivity contribution in [3.63, 3.8) is 0 Å². The quantitative estimate of drug-likeness (QED) is 0.182. The maximum absolute atomic E-state index is 12.9. The van der Waals surface area contributed by atoms with Crippen LogP contribution in [0.5, 0.6) is 0 Å². The van der Waals surface area contributed by atoms with Crippen molar-refractivity contribution in [1.29, 1.82) is 0 Å². The van der Waals surface area contributed by atoms with Crippen LogP contribution in [0.1, 0.15) is 5.56 Å². The summed E-state index contributed by atoms with van der Waals surface area (Å²) < 4.78 is 5.49. The minimum Gasteiger partial charge on any atom is -0.422 e. The number of aryl methyl sites for hydroxylation is 1. The van der Waals surface area contributed by atoms with Gasteiger partial charge in [0.2, 0.25) is 0 Å². The standard InChI is InChI=1S/C25H16N2O4S/c1-15-7-9-16(10-8-15)23-22(26-24(32-23)17-5-3-2-4-6-17)20-14-18-13-19(27(29)30)11-12-21(18)31-25(20)28/h2-14H,1H3. The van der Waals surface area contributed by atoms with Gasteiger partial charge in [0.15, 0.2) is 0 Å². The number of hydrogen-bond donors (Lipinski definition) is 0. The van der Waals surface area contributed by atoms with Crippen LogP contribution in [0.2, 0.25) is 0 Å². The average molecular weight is 440 g/mol. The van der Waals surface area contributed by atoms with E-state index in [1.807, 2.05) is 61.5 Å². The smallest absolute Gasteiger partial charge is 0.345 e. The van der Waals surface area contributed by atoms with Crippen molar-refractivity contribution in [1.82, 2.24) is 4.98 Å². The van der Waals surface area contributed by atoms with Crippen LogP contribution in [0.4, 0.5) is 5.69 Å². The van der Waals surface area contributed by atoms with Crippen LogP contribution in [-0.2, 0) is 0 Å². The molecule has 0 N–H and O–H groups in total. The third-order valence-electron chi connectivity index (χ3n) is 5.14. The van der Waals surface area contributed by atoms with E-state index >= 15 is 0 Å². The number of aromatic nitrogens is 1. The van der Waals surface area contributed by atoms with Crippen molar-refractivity contribution in [2.75, 3.05) is 0 Å². The van der Waals surface area contributed by atoms with Crippen molar-refractivity contribution in [3.05, 3.63) is 105 Å². The summed E-state index contributed by atoms with van der Waals surface area (Å²) in [5.41, 5.74) is 3.46. The lowest BCUT2D eigenvalue weighted by Gasteiger charge is -2.04. The van der Waals surface area contributed by atoms with E-state index in [-0.39, 0.29) is 11.3 Å². The summed E-state index contributed by atoms with van der Waals surface area (Å²) in [6, 6.07) is 23.5. The number of thiazole rings is 1. The van der Waals surface area contributed by atoms with Gasteiger partial charge in [-0.05, 0) is 24.6 Å². The number of rotatable bonds is 4. The molecule has 0 aliphatic rings. The van der Waals surface area contributed by atoms with Gasteiger partial charge in [-0.2, -0.15) is 0 Å². The van der Waals surface area contributed by atoms with Crippen molar-refractivity contribution in [2.45, 2.75) is 6.92 Å². The summed E-state index contributed by atoms with van der Waals surface area (Å²) >= 11 is 1.49. The Hall–Kier alpha value is -4.10. The highest BCUT2D eigenvalue weighted by molar-refractivity contribution is 7.19. The molecule has 5 aromatic rings. The zero-order valence-corrected chi connectivity index (χ0v) is 17.8. The average Bonchev–Trinajstić information content (AvgIpc) is 3.24. The molecule has 6 nitrogen and oxygen atoms in total. The predicted octanol–water partition coefficient (Wildman–Crippen LogP) is 6.47. The van der Waals surface area contributed by atoms with Crippen molar-refractivity contribution in [3.8, 4) is 32.3 Å². The van der Waals surface area contributed by atoms with Crippen LogP contribution in [-0.4, -0.2) is 9.91 Å². The van der Waals surface area contributed by atoms with Gasteiger partial charge in [0.25, 0.3) is 5.69 Å². The Morgan fingerprint density at radius 2 is 1.69 bits per heavy atom. The fourth-order valence-electron chi connectivity index (χ4n) is 3.50. The number of benzene rings is 3. The Bertz CT molecular complexity index is 1520. The third-order valence-corrected chi connectivity index (χ3v) is 6.30. The monoisotopic (exact) mass is 440 g/mol. The zero-order chi connectivity index (χ0) is 22.2. The fraction of sp³-hybridized carbons (Fsp3) is 0.0400. The Balaban J connectivity index is 1.76. The first kappa shape index (κ1) is 19.8. The summed E-state index contributed by atoms with van der Waals surface area (Å²) in [7, 11) is 0. The van der Waals surface area contributed by atoms with Gasteiger partial charge >= 0.3 is 5.63 Å². The zero-order valence-electron chi connectivity index (χ0n) is 16.9. The van der Waals surface area contributed by atoms with Gasteiger partial charge in [-0.15, -0.1) is 11.3 Å². The largest absolute Gasteiger partial charge is 0.422 e. The maximum Gasteiger partial charge on any atom is 0.345 e. The number of non-ortho nitro benzene ring substituents is 1. The molecule has 0 atom stereocenters. The van der Waals surface area contributed by atoms with Crippen LogP contribution >= 0.6 is 11.3 Å². The first-order valence-electron chi connectivity index (χ1n) is 9.85. The number of nitro benzene ring substituents is 1. The summed E-state index contributed by atoms with van der Waals surface area (Å²) in [5, 5.41) is 12.4. The Morgan fingerprint density at radius 1 is 0.938 bits per heavy atom. The van der Waals surface area contributed by atoms with E-state index in [2.05, 4.69) is 0 Å². The number of fused-ring (bicyclic) bond motifs is 1. The topological polar surface area (TPSA) is 86.2 Å². The van der Waals surface area contributed by atoms with Gasteiger partial charge in [0, 0.05) is 23.1 Å². The lowest BCUT2D eigenvalue weighted by molar-refractivity contribution is -0.384. The lowest BCUT2D eigenvalue weighted by atomic mass is 10.1. The predicted molar refractivity (Wildman–Crippen MR) is 126 cm³/mol. The Labute approximate surface area is 186 Å². The molecule has 3 aromatic carbocycles. The molecule has 0 aliphatic heterocycles. The van der Waals surface area contributed by atoms with E-state index in [4.69, 9.17) is 9.40 Å². The first-order valence-corrected chi connectivity index (χ1v) is 10.7. The molecule has 2 aromatic heterocycles. The van der Waals surface area contributed by atoms with Crippen molar-refractivity contribution in [2.24, 2.45) is 0 Å². The highest BCUT2D eigenvalue weighted by Crippen LogP contribution is 2.40. The molecule has 0 spiro atoms. The molecule has 0 aliphatic carbocycles. The highest BCUT2D eigenvalue weighted by Gasteiger charge is 2.20. The van der Waals surface area contributed by atoms with Gasteiger partial charge in [-0.25, -0.2) is 9.78 Å². The van der Waals surface area contributed by atoms with Gasteiger partial charge in [0.05, 0.1) is 21.1 Å². The summed E-state index contributed by atoms with van der Waals surface area (Å²) in [4.78, 5) is 29.3. The highest BCUT2D eigenvalue weighted by atomic mass is 32.1. The molecular formula is C25H16N2O4S. The molecule has 5 rings (SSSR count). The van der Waals surface area contributed by atoms with E-state index in [1.54, 1.807) is 6.07 Å². The molecule has 0 saturated heterocycles. The Kier molecular flexibility index (Phi) is 4.88. The molecule has 7 heteroatoms. The summed E-state index contributed by atoms with van der Waals surface area (Å²) in [6.45, 7) is 2.01. The van der Waals surface area contributed by atoms with E-state index < -0.39 is 10.5 Å². The number of nitro groups is 1. The summed E-state index contributed by atoms with van der Waals surface area (Å²) in [5.74, 6) is 0. The Morgan fingerprint density at radius 3 is 2.41 bits per heavy atom. The van der Waals surface area contributed by atoms with Gasteiger partial charge in [-0.1, -0.05) is 60.2 Å². The molecule has 156 valence electrons. The second-order valence-corrected chi connectivity index (χ2v) is 8.35. The first-order chi connectivity index (χ1) is 15.5. The lowest BCUT2D eigenvalue weighted by Crippen LogP contribution is -2.04. The second kappa shape index (κ2) is 7.86. The molecular weight excluding hydrogens is 424 g/mol. The van der Waals surface area contributed by atoms with Crippen LogP contribution < -0.4 is 5.63 Å². The van der Waals surface area contributed by atoms with E-state index in [0.717, 1.165) is 26.6 Å². The SMILES string of the molecule is Cc1ccc(-c2sc(-c3ccccc3)nc2-c2cc3cc([N+](=O)[O-])ccc3oc2=O)cc1. The number of hydrogen-bond acceptors (Lipinski definition) is 6. The molecule has 0 radical (unpaired) electrons. The van der Waals surface area contributed by atoms with Crippen LogP contribution in [0.15, 0.2) is 88.1 Å². The minimum absolute atomic E-state index is 0.0701. The van der Waals surface area contributed by atoms with Gasteiger partial charge < -0.3 is 4.42 Å². The number of nitrogens with zero attached hydrogens (tertiary/aromatic N) is 2. The summed E-state index contributed by atoms with van der Waals surface area (Å²) in [6.07, 6.45) is 0. The van der Waals surface area contributed by atoms with E-state index in [1.165, 1.54) is 29.5 Å².